The molecule has 1 aromatic rings. The summed E-state index contributed by atoms with van der Waals surface area (Å²) in [5, 5.41) is 0. The van der Waals surface area contributed by atoms with E-state index >= 15 is 0 Å². The molecule has 0 aromatic heterocycles. The molecule has 0 spiro atoms. The summed E-state index contributed by atoms with van der Waals surface area (Å²) >= 11 is 0. The van der Waals surface area contributed by atoms with E-state index in [0.717, 1.165) is 31.5 Å². The highest BCUT2D eigenvalue weighted by molar-refractivity contribution is 5.83. The van der Waals surface area contributed by atoms with Crippen molar-refractivity contribution in [1.29, 1.82) is 0 Å². The van der Waals surface area contributed by atoms with Gasteiger partial charge in [-0.2, -0.15) is 0 Å². The molecule has 1 unspecified atom stereocenters. The lowest BCUT2D eigenvalue weighted by atomic mass is 10.0. The third-order valence-electron chi connectivity index (χ3n) is 3.93. The van der Waals surface area contributed by atoms with Gasteiger partial charge in [0.05, 0.1) is 0 Å². The molecule has 2 N–H and O–H groups in total. The molecule has 1 aliphatic rings. The van der Waals surface area contributed by atoms with Crippen LogP contribution in [0.1, 0.15) is 24.4 Å². The Hall–Kier alpha value is -1.39. The molecule has 1 saturated heterocycles. The topological polar surface area (TPSA) is 49.6 Å². The van der Waals surface area contributed by atoms with Crippen molar-refractivity contribution in [2.45, 2.75) is 24.9 Å². The van der Waals surface area contributed by atoms with Crippen molar-refractivity contribution in [3.05, 3.63) is 35.9 Å². The number of piperidine rings is 1. The highest BCUT2D eigenvalue weighted by atomic mass is 16.2. The van der Waals surface area contributed by atoms with Crippen molar-refractivity contribution >= 4 is 5.91 Å². The predicted octanol–water partition coefficient (Wildman–Crippen LogP) is 1.24. The van der Waals surface area contributed by atoms with E-state index in [2.05, 4.69) is 19.0 Å². The zero-order chi connectivity index (χ0) is 13.8. The molecule has 1 heterocycles. The molecule has 4 heteroatoms. The van der Waals surface area contributed by atoms with Gasteiger partial charge in [-0.15, -0.1) is 0 Å². The Morgan fingerprint density at radius 1 is 1.26 bits per heavy atom. The molecule has 0 bridgehead atoms. The lowest BCUT2D eigenvalue weighted by molar-refractivity contribution is -0.134. The maximum Gasteiger partial charge on any atom is 0.244 e. The summed E-state index contributed by atoms with van der Waals surface area (Å²) in [7, 11) is 4.19. The van der Waals surface area contributed by atoms with Crippen LogP contribution in [-0.2, 0) is 4.79 Å². The Morgan fingerprint density at radius 2 is 1.84 bits per heavy atom. The zero-order valence-electron chi connectivity index (χ0n) is 11.7. The molecule has 1 aliphatic heterocycles. The first-order valence-electron chi connectivity index (χ1n) is 6.85. The standard InChI is InChI=1S/C15H23N3O/c1-17(2)13-8-10-18(11-9-13)15(19)14(16)12-6-4-3-5-7-12/h3-7,13-14H,8-11,16H2,1-2H3. The van der Waals surface area contributed by atoms with Gasteiger partial charge in [-0.05, 0) is 32.5 Å². The molecule has 0 saturated carbocycles. The normalized spacial score (nSPS) is 18.6. The molecule has 104 valence electrons. The quantitative estimate of drug-likeness (QED) is 0.890. The van der Waals surface area contributed by atoms with Crippen LogP contribution in [0.3, 0.4) is 0 Å². The first-order chi connectivity index (χ1) is 9.09. The molecular weight excluding hydrogens is 238 g/mol. The van der Waals surface area contributed by atoms with Crippen LogP contribution >= 0.6 is 0 Å². The lowest BCUT2D eigenvalue weighted by Gasteiger charge is -2.36. The summed E-state index contributed by atoms with van der Waals surface area (Å²) in [6, 6.07) is 9.64. The van der Waals surface area contributed by atoms with E-state index in [0.29, 0.717) is 6.04 Å². The number of amides is 1. The Labute approximate surface area is 115 Å². The number of hydrogen-bond donors (Lipinski definition) is 1. The molecule has 4 nitrogen and oxygen atoms in total. The van der Waals surface area contributed by atoms with Gasteiger partial charge >= 0.3 is 0 Å². The summed E-state index contributed by atoms with van der Waals surface area (Å²) in [4.78, 5) is 16.5. The van der Waals surface area contributed by atoms with Crippen LogP contribution in [0.2, 0.25) is 0 Å². The number of carbonyl (C=O) groups excluding carboxylic acids is 1. The number of hydrogen-bond acceptors (Lipinski definition) is 3. The fourth-order valence-electron chi connectivity index (χ4n) is 2.60. The minimum absolute atomic E-state index is 0.0448. The van der Waals surface area contributed by atoms with Crippen molar-refractivity contribution in [2.24, 2.45) is 5.73 Å². The summed E-state index contributed by atoms with van der Waals surface area (Å²) in [5.41, 5.74) is 6.95. The summed E-state index contributed by atoms with van der Waals surface area (Å²) in [6.07, 6.45) is 2.06. The predicted molar refractivity (Wildman–Crippen MR) is 76.7 cm³/mol. The number of benzene rings is 1. The van der Waals surface area contributed by atoms with Crippen LogP contribution in [0, 0.1) is 0 Å². The third kappa shape index (κ3) is 3.33. The second-order valence-corrected chi connectivity index (χ2v) is 5.41. The second-order valence-electron chi connectivity index (χ2n) is 5.41. The average Bonchev–Trinajstić information content (AvgIpc) is 2.46. The smallest absolute Gasteiger partial charge is 0.244 e. The van der Waals surface area contributed by atoms with Gasteiger partial charge in [0.25, 0.3) is 0 Å². The molecule has 2 rings (SSSR count). The number of nitrogens with two attached hydrogens (primary N) is 1. The average molecular weight is 261 g/mol. The minimum Gasteiger partial charge on any atom is -0.341 e. The summed E-state index contributed by atoms with van der Waals surface area (Å²) in [6.45, 7) is 1.62. The highest BCUT2D eigenvalue weighted by Gasteiger charge is 2.27. The molecular formula is C15H23N3O. The second kappa shape index (κ2) is 6.17. The minimum atomic E-state index is -0.530. The number of carbonyl (C=O) groups is 1. The van der Waals surface area contributed by atoms with Gasteiger partial charge in [-0.3, -0.25) is 4.79 Å². The van der Waals surface area contributed by atoms with Crippen LogP contribution in [0.4, 0.5) is 0 Å². The van der Waals surface area contributed by atoms with E-state index in [-0.39, 0.29) is 5.91 Å². The maximum atomic E-state index is 12.4. The van der Waals surface area contributed by atoms with Gasteiger partial charge in [0, 0.05) is 19.1 Å². The third-order valence-corrected chi connectivity index (χ3v) is 3.93. The SMILES string of the molecule is CN(C)C1CCN(C(=O)C(N)c2ccccc2)CC1. The Morgan fingerprint density at radius 3 is 2.37 bits per heavy atom. The van der Waals surface area contributed by atoms with Crippen molar-refractivity contribution in [3.63, 3.8) is 0 Å². The maximum absolute atomic E-state index is 12.4. The van der Waals surface area contributed by atoms with Gasteiger partial charge in [-0.25, -0.2) is 0 Å². The lowest BCUT2D eigenvalue weighted by Crippen LogP contribution is -2.47. The van der Waals surface area contributed by atoms with Crippen LogP contribution in [0.25, 0.3) is 0 Å². The number of rotatable bonds is 3. The largest absolute Gasteiger partial charge is 0.341 e. The number of likely N-dealkylation sites (tertiary alicyclic amines) is 1. The zero-order valence-corrected chi connectivity index (χ0v) is 11.7. The molecule has 1 aromatic carbocycles. The van der Waals surface area contributed by atoms with E-state index in [1.54, 1.807) is 0 Å². The Bertz CT molecular complexity index is 411. The van der Waals surface area contributed by atoms with Gasteiger partial charge in [0.1, 0.15) is 6.04 Å². The van der Waals surface area contributed by atoms with Crippen LogP contribution in [0.5, 0.6) is 0 Å². The van der Waals surface area contributed by atoms with Crippen molar-refractivity contribution in [3.8, 4) is 0 Å². The van der Waals surface area contributed by atoms with Crippen LogP contribution in [-0.4, -0.2) is 48.9 Å². The van der Waals surface area contributed by atoms with E-state index in [4.69, 9.17) is 5.73 Å². The first-order valence-corrected chi connectivity index (χ1v) is 6.85. The van der Waals surface area contributed by atoms with Gasteiger partial charge < -0.3 is 15.5 Å². The van der Waals surface area contributed by atoms with Crippen molar-refractivity contribution < 1.29 is 4.79 Å². The molecule has 19 heavy (non-hydrogen) atoms. The first kappa shape index (κ1) is 14.0. The highest BCUT2D eigenvalue weighted by Crippen LogP contribution is 2.18. The van der Waals surface area contributed by atoms with Crippen molar-refractivity contribution in [1.82, 2.24) is 9.80 Å². The van der Waals surface area contributed by atoms with E-state index in [1.165, 1.54) is 0 Å². The Kier molecular flexibility index (Phi) is 4.56. The van der Waals surface area contributed by atoms with Gasteiger partial charge in [0.2, 0.25) is 5.91 Å². The summed E-state index contributed by atoms with van der Waals surface area (Å²) < 4.78 is 0. The van der Waals surface area contributed by atoms with Crippen molar-refractivity contribution in [2.75, 3.05) is 27.2 Å². The molecule has 1 atom stereocenters. The molecule has 1 fully saturated rings. The monoisotopic (exact) mass is 261 g/mol. The van der Waals surface area contributed by atoms with Gasteiger partial charge in [-0.1, -0.05) is 30.3 Å². The van der Waals surface area contributed by atoms with E-state index in [1.807, 2.05) is 35.2 Å². The van der Waals surface area contributed by atoms with E-state index in [9.17, 15) is 4.79 Å². The molecule has 0 aliphatic carbocycles. The van der Waals surface area contributed by atoms with E-state index < -0.39 is 6.04 Å². The number of nitrogens with zero attached hydrogens (tertiary/aromatic N) is 2. The molecule has 0 radical (unpaired) electrons. The summed E-state index contributed by atoms with van der Waals surface area (Å²) in [5.74, 6) is 0.0448. The fraction of sp³-hybridized carbons (Fsp3) is 0.533. The van der Waals surface area contributed by atoms with Crippen LogP contribution < -0.4 is 5.73 Å². The Balaban J connectivity index is 1.94. The van der Waals surface area contributed by atoms with Crippen LogP contribution in [0.15, 0.2) is 30.3 Å². The molecule has 1 amide bonds. The van der Waals surface area contributed by atoms with Gasteiger partial charge in [0.15, 0.2) is 0 Å². The fourth-order valence-corrected chi connectivity index (χ4v) is 2.60.